The van der Waals surface area contributed by atoms with Crippen LogP contribution in [0.4, 0.5) is 5.82 Å². The normalized spacial score (nSPS) is 15.8. The van der Waals surface area contributed by atoms with E-state index in [2.05, 4.69) is 61.9 Å². The van der Waals surface area contributed by atoms with Crippen molar-refractivity contribution < 1.29 is 0 Å². The van der Waals surface area contributed by atoms with Gasteiger partial charge in [0.15, 0.2) is 5.65 Å². The van der Waals surface area contributed by atoms with E-state index in [1.54, 1.807) is 0 Å². The first kappa shape index (κ1) is 17.0. The molecular weight excluding hydrogens is 324 g/mol. The lowest BCUT2D eigenvalue weighted by atomic mass is 10.2. The molecule has 1 aliphatic heterocycles. The summed E-state index contributed by atoms with van der Waals surface area (Å²) < 4.78 is 1.96. The molecule has 0 radical (unpaired) electrons. The summed E-state index contributed by atoms with van der Waals surface area (Å²) >= 11 is 0. The molecule has 0 spiro atoms. The van der Waals surface area contributed by atoms with E-state index in [1.165, 1.54) is 5.56 Å². The van der Waals surface area contributed by atoms with Crippen molar-refractivity contribution in [1.82, 2.24) is 24.6 Å². The summed E-state index contributed by atoms with van der Waals surface area (Å²) in [6, 6.07) is 8.43. The highest BCUT2D eigenvalue weighted by molar-refractivity contribution is 5.91. The summed E-state index contributed by atoms with van der Waals surface area (Å²) in [5, 5.41) is 5.89. The van der Waals surface area contributed by atoms with E-state index in [0.29, 0.717) is 0 Å². The maximum Gasteiger partial charge on any atom is 0.168 e. The van der Waals surface area contributed by atoms with E-state index >= 15 is 0 Å². The molecule has 0 N–H and O–H groups in total. The average molecular weight is 350 g/mol. The highest BCUT2D eigenvalue weighted by Gasteiger charge is 2.23. The summed E-state index contributed by atoms with van der Waals surface area (Å²) in [6.45, 7) is 10.3. The van der Waals surface area contributed by atoms with Gasteiger partial charge in [0.2, 0.25) is 0 Å². The van der Waals surface area contributed by atoms with Gasteiger partial charge in [0.05, 0.1) is 16.8 Å². The lowest BCUT2D eigenvalue weighted by molar-refractivity contribution is 0.312. The van der Waals surface area contributed by atoms with Gasteiger partial charge in [-0.05, 0) is 33.0 Å². The molecular formula is C20H26N6. The topological polar surface area (TPSA) is 50.1 Å². The van der Waals surface area contributed by atoms with Gasteiger partial charge in [0, 0.05) is 32.6 Å². The van der Waals surface area contributed by atoms with Gasteiger partial charge in [-0.1, -0.05) is 24.6 Å². The molecule has 26 heavy (non-hydrogen) atoms. The van der Waals surface area contributed by atoms with Gasteiger partial charge in [0.25, 0.3) is 0 Å². The van der Waals surface area contributed by atoms with Crippen molar-refractivity contribution in [1.29, 1.82) is 0 Å². The van der Waals surface area contributed by atoms with Crippen molar-refractivity contribution in [2.75, 3.05) is 38.1 Å². The van der Waals surface area contributed by atoms with Crippen molar-refractivity contribution in [3.63, 3.8) is 0 Å². The molecule has 4 rings (SSSR count). The molecule has 6 nitrogen and oxygen atoms in total. The van der Waals surface area contributed by atoms with Crippen molar-refractivity contribution in [2.24, 2.45) is 0 Å². The number of likely N-dealkylation sites (N-methyl/N-ethyl adjacent to an activating group) is 1. The number of hydrogen-bond donors (Lipinski definition) is 0. The van der Waals surface area contributed by atoms with Crippen LogP contribution in [0.2, 0.25) is 0 Å². The zero-order chi connectivity index (χ0) is 18.3. The van der Waals surface area contributed by atoms with Crippen LogP contribution < -0.4 is 4.90 Å². The zero-order valence-electron chi connectivity index (χ0n) is 16.0. The summed E-state index contributed by atoms with van der Waals surface area (Å²) in [5.41, 5.74) is 4.17. The fourth-order valence-corrected chi connectivity index (χ4v) is 3.48. The predicted molar refractivity (Wildman–Crippen MR) is 105 cm³/mol. The molecule has 1 aliphatic rings. The summed E-state index contributed by atoms with van der Waals surface area (Å²) in [5.74, 6) is 1.91. The van der Waals surface area contributed by atoms with Gasteiger partial charge in [0.1, 0.15) is 11.6 Å². The second-order valence-corrected chi connectivity index (χ2v) is 7.14. The Labute approximate surface area is 154 Å². The first-order valence-corrected chi connectivity index (χ1v) is 9.33. The third-order valence-electron chi connectivity index (χ3n) is 5.13. The molecule has 0 aliphatic carbocycles. The van der Waals surface area contributed by atoms with Gasteiger partial charge in [-0.15, -0.1) is 0 Å². The van der Waals surface area contributed by atoms with Crippen molar-refractivity contribution in [2.45, 2.75) is 27.2 Å². The molecule has 1 fully saturated rings. The lowest BCUT2D eigenvalue weighted by Crippen LogP contribution is -2.45. The number of hydrogen-bond acceptors (Lipinski definition) is 5. The second-order valence-electron chi connectivity index (χ2n) is 7.14. The van der Waals surface area contributed by atoms with Crippen LogP contribution in [0.3, 0.4) is 0 Å². The Morgan fingerprint density at radius 1 is 0.962 bits per heavy atom. The van der Waals surface area contributed by atoms with Gasteiger partial charge in [-0.25, -0.2) is 14.6 Å². The van der Waals surface area contributed by atoms with E-state index in [-0.39, 0.29) is 0 Å². The number of rotatable bonds is 3. The van der Waals surface area contributed by atoms with Crippen LogP contribution in [0, 0.1) is 13.8 Å². The number of nitrogens with zero attached hydrogens (tertiary/aromatic N) is 6. The van der Waals surface area contributed by atoms with Crippen molar-refractivity contribution >= 4 is 16.9 Å². The third-order valence-corrected chi connectivity index (χ3v) is 5.13. The van der Waals surface area contributed by atoms with Crippen molar-refractivity contribution in [3.8, 4) is 5.69 Å². The number of piperazine rings is 1. The van der Waals surface area contributed by atoms with E-state index in [0.717, 1.165) is 66.7 Å². The molecule has 0 bridgehead atoms. The number of aryl methyl sites for hydroxylation is 3. The minimum atomic E-state index is 0.814. The van der Waals surface area contributed by atoms with Gasteiger partial charge < -0.3 is 9.80 Å². The standard InChI is InChI=1S/C20H26N6/c1-5-17-21-19(25-12-10-24(4)11-13-25)18-15(3)23-26(20(18)22-17)16-8-6-14(2)7-9-16/h6-9H,5,10-13H2,1-4H3. The number of anilines is 1. The average Bonchev–Trinajstić information content (AvgIpc) is 2.99. The molecule has 0 saturated carbocycles. The van der Waals surface area contributed by atoms with Crippen LogP contribution in [0.1, 0.15) is 24.0 Å². The molecule has 1 aromatic carbocycles. The Hall–Kier alpha value is -2.47. The molecule has 0 amide bonds. The van der Waals surface area contributed by atoms with Gasteiger partial charge in [-0.2, -0.15) is 5.10 Å². The smallest absolute Gasteiger partial charge is 0.168 e. The van der Waals surface area contributed by atoms with E-state index in [4.69, 9.17) is 15.1 Å². The summed E-state index contributed by atoms with van der Waals surface area (Å²) in [7, 11) is 2.17. The fraction of sp³-hybridized carbons (Fsp3) is 0.450. The van der Waals surface area contributed by atoms with E-state index < -0.39 is 0 Å². The summed E-state index contributed by atoms with van der Waals surface area (Å²) in [4.78, 5) is 14.5. The Kier molecular flexibility index (Phi) is 4.36. The first-order valence-electron chi connectivity index (χ1n) is 9.33. The molecule has 0 unspecified atom stereocenters. The zero-order valence-corrected chi connectivity index (χ0v) is 16.0. The second kappa shape index (κ2) is 6.68. The van der Waals surface area contributed by atoms with Crippen LogP contribution in [-0.4, -0.2) is 57.9 Å². The monoisotopic (exact) mass is 350 g/mol. The van der Waals surface area contributed by atoms with Gasteiger partial charge >= 0.3 is 0 Å². The Morgan fingerprint density at radius 3 is 2.31 bits per heavy atom. The minimum Gasteiger partial charge on any atom is -0.353 e. The Bertz CT molecular complexity index is 920. The predicted octanol–water partition coefficient (Wildman–Crippen LogP) is 2.75. The lowest BCUT2D eigenvalue weighted by Gasteiger charge is -2.33. The van der Waals surface area contributed by atoms with E-state index in [1.807, 2.05) is 4.68 Å². The fourth-order valence-electron chi connectivity index (χ4n) is 3.48. The van der Waals surface area contributed by atoms with Gasteiger partial charge in [-0.3, -0.25) is 0 Å². The maximum atomic E-state index is 4.89. The van der Waals surface area contributed by atoms with Crippen LogP contribution in [0.15, 0.2) is 24.3 Å². The molecule has 6 heteroatoms. The quantitative estimate of drug-likeness (QED) is 0.727. The maximum absolute atomic E-state index is 4.89. The molecule has 3 heterocycles. The van der Waals surface area contributed by atoms with Crippen LogP contribution in [-0.2, 0) is 6.42 Å². The minimum absolute atomic E-state index is 0.814. The molecule has 2 aromatic heterocycles. The first-order chi connectivity index (χ1) is 12.6. The summed E-state index contributed by atoms with van der Waals surface area (Å²) in [6.07, 6.45) is 0.814. The highest BCUT2D eigenvalue weighted by atomic mass is 15.3. The molecule has 136 valence electrons. The van der Waals surface area contributed by atoms with Crippen LogP contribution in [0.5, 0.6) is 0 Å². The highest BCUT2D eigenvalue weighted by Crippen LogP contribution is 2.29. The van der Waals surface area contributed by atoms with Crippen LogP contribution in [0.25, 0.3) is 16.7 Å². The van der Waals surface area contributed by atoms with Crippen LogP contribution >= 0.6 is 0 Å². The van der Waals surface area contributed by atoms with E-state index in [9.17, 15) is 0 Å². The molecule has 3 aromatic rings. The van der Waals surface area contributed by atoms with Crippen molar-refractivity contribution in [3.05, 3.63) is 41.3 Å². The number of aromatic nitrogens is 4. The number of benzene rings is 1. The molecule has 1 saturated heterocycles. The Balaban J connectivity index is 1.89. The third kappa shape index (κ3) is 2.94. The Morgan fingerprint density at radius 2 is 1.65 bits per heavy atom. The largest absolute Gasteiger partial charge is 0.353 e. The number of fused-ring (bicyclic) bond motifs is 1. The SMILES string of the molecule is CCc1nc(N2CCN(C)CC2)c2c(C)nn(-c3ccc(C)cc3)c2n1. The molecule has 0 atom stereocenters.